The van der Waals surface area contributed by atoms with Crippen LogP contribution in [0, 0.1) is 12.8 Å². The predicted octanol–water partition coefficient (Wildman–Crippen LogP) is 14.1. The summed E-state index contributed by atoms with van der Waals surface area (Å²) in [6.07, 6.45) is 23.1. The van der Waals surface area contributed by atoms with Crippen LogP contribution in [0.4, 0.5) is 0 Å². The molecule has 0 radical (unpaired) electrons. The summed E-state index contributed by atoms with van der Waals surface area (Å²) < 4.78 is 2.59. The summed E-state index contributed by atoms with van der Waals surface area (Å²) in [6, 6.07) is 45.7. The van der Waals surface area contributed by atoms with Gasteiger partial charge >= 0.3 is 0 Å². The van der Waals surface area contributed by atoms with Crippen molar-refractivity contribution in [2.75, 3.05) is 0 Å². The Morgan fingerprint density at radius 3 is 2.23 bits per heavy atom. The molecule has 3 unspecified atom stereocenters. The van der Waals surface area contributed by atoms with Crippen LogP contribution in [-0.4, -0.2) is 4.57 Å². The Morgan fingerprint density at radius 2 is 1.39 bits per heavy atom. The lowest BCUT2D eigenvalue weighted by atomic mass is 9.78. The molecular weight excluding hydrogens is 675 g/mol. The molecule has 1 aromatic heterocycles. The number of hydrogen-bond acceptors (Lipinski definition) is 0. The molecule has 7 aromatic rings. The summed E-state index contributed by atoms with van der Waals surface area (Å²) in [7, 11) is 0. The van der Waals surface area contributed by atoms with Crippen LogP contribution >= 0.6 is 0 Å². The van der Waals surface area contributed by atoms with Gasteiger partial charge in [0.05, 0.1) is 11.2 Å². The SMILES string of the molecule is Cc1ccc(C2C=Cc3c(c4ccccc4n3C3=C4C=CC=CC4Cc4ccccc43)C2)cc1C1=C(C(C)c2c3ccccc3cc3ccccc23)C=CCC1. The molecule has 56 heavy (non-hydrogen) atoms. The van der Waals surface area contributed by atoms with Crippen molar-refractivity contribution in [2.45, 2.75) is 51.4 Å². The first-order valence-electron chi connectivity index (χ1n) is 20.5. The summed E-state index contributed by atoms with van der Waals surface area (Å²) in [5.74, 6) is 0.937. The normalized spacial score (nSPS) is 19.2. The van der Waals surface area contributed by atoms with Crippen molar-refractivity contribution in [1.82, 2.24) is 4.57 Å². The minimum absolute atomic E-state index is 0.248. The predicted molar refractivity (Wildman–Crippen MR) is 238 cm³/mol. The van der Waals surface area contributed by atoms with Gasteiger partial charge in [0.15, 0.2) is 0 Å². The van der Waals surface area contributed by atoms with E-state index in [1.807, 2.05) is 0 Å². The molecule has 0 bridgehead atoms. The molecule has 0 amide bonds. The van der Waals surface area contributed by atoms with Crippen molar-refractivity contribution in [2.24, 2.45) is 5.92 Å². The number of aromatic nitrogens is 1. The second-order valence-corrected chi connectivity index (χ2v) is 16.3. The van der Waals surface area contributed by atoms with E-state index in [2.05, 4.69) is 188 Å². The van der Waals surface area contributed by atoms with Crippen molar-refractivity contribution < 1.29 is 0 Å². The first kappa shape index (κ1) is 33.2. The van der Waals surface area contributed by atoms with Crippen LogP contribution in [0.2, 0.25) is 0 Å². The summed E-state index contributed by atoms with van der Waals surface area (Å²) in [5.41, 5.74) is 18.2. The highest BCUT2D eigenvalue weighted by Gasteiger charge is 2.31. The van der Waals surface area contributed by atoms with Gasteiger partial charge in [-0.2, -0.15) is 0 Å². The van der Waals surface area contributed by atoms with Crippen LogP contribution in [0.5, 0.6) is 0 Å². The van der Waals surface area contributed by atoms with E-state index in [9.17, 15) is 0 Å². The van der Waals surface area contributed by atoms with Gasteiger partial charge in [-0.1, -0.05) is 159 Å². The Bertz CT molecular complexity index is 2900. The zero-order valence-corrected chi connectivity index (χ0v) is 32.2. The third-order valence-corrected chi connectivity index (χ3v) is 13.2. The van der Waals surface area contributed by atoms with Crippen molar-refractivity contribution >= 4 is 49.8 Å². The Hall–Kier alpha value is -6.18. The number of benzene rings is 6. The van der Waals surface area contributed by atoms with Crippen LogP contribution < -0.4 is 0 Å². The van der Waals surface area contributed by atoms with Crippen molar-refractivity contribution in [3.8, 4) is 0 Å². The molecule has 0 N–H and O–H groups in total. The van der Waals surface area contributed by atoms with E-state index in [0.717, 1.165) is 25.7 Å². The molecule has 0 spiro atoms. The molecule has 11 rings (SSSR count). The second-order valence-electron chi connectivity index (χ2n) is 16.3. The Morgan fingerprint density at radius 1 is 0.643 bits per heavy atom. The van der Waals surface area contributed by atoms with Crippen LogP contribution in [0.3, 0.4) is 0 Å². The number of fused-ring (bicyclic) bond motifs is 7. The summed E-state index contributed by atoms with van der Waals surface area (Å²) in [6.45, 7) is 4.74. The van der Waals surface area contributed by atoms with Crippen LogP contribution in [0.15, 0.2) is 175 Å². The zero-order valence-electron chi connectivity index (χ0n) is 32.2. The average molecular weight is 720 g/mol. The zero-order chi connectivity index (χ0) is 37.3. The first-order valence-corrected chi connectivity index (χ1v) is 20.5. The van der Waals surface area contributed by atoms with Gasteiger partial charge in [0.2, 0.25) is 0 Å². The first-order chi connectivity index (χ1) is 27.6. The van der Waals surface area contributed by atoms with E-state index >= 15 is 0 Å². The van der Waals surface area contributed by atoms with Gasteiger partial charge in [-0.3, -0.25) is 0 Å². The van der Waals surface area contributed by atoms with Gasteiger partial charge in [-0.15, -0.1) is 0 Å². The van der Waals surface area contributed by atoms with Crippen molar-refractivity contribution in [3.63, 3.8) is 0 Å². The number of aryl methyl sites for hydroxylation is 1. The lowest BCUT2D eigenvalue weighted by molar-refractivity contribution is 0.743. The van der Waals surface area contributed by atoms with Crippen LogP contribution in [0.1, 0.15) is 76.2 Å². The number of hydrogen-bond donors (Lipinski definition) is 0. The molecule has 4 aliphatic carbocycles. The second kappa shape index (κ2) is 13.2. The highest BCUT2D eigenvalue weighted by atomic mass is 15.0. The molecule has 0 saturated carbocycles. The molecular formula is C55H45N. The van der Waals surface area contributed by atoms with Gasteiger partial charge in [0.1, 0.15) is 0 Å². The number of allylic oxidation sites excluding steroid dienone is 10. The molecule has 270 valence electrons. The standard InChI is InChI=1S/C55H45N/c1-35-27-28-37(33-50(35)48-24-12-11-19-43(48)36(2)54-44-20-7-3-15-39(44)31-40-16-4-8-21-45(40)54)38-29-30-53-51(34-38)49-25-13-14-26-52(49)56(53)55-46-22-9-5-17-41(46)32-42-18-6-10-23-47(42)55/h3-11,13-23,25-31,33,36,38,41H,12,24,32,34H2,1-2H3. The molecule has 0 saturated heterocycles. The lowest BCUT2D eigenvalue weighted by Crippen LogP contribution is -2.19. The smallest absolute Gasteiger partial charge is 0.0575 e. The maximum absolute atomic E-state index is 2.59. The van der Waals surface area contributed by atoms with Gasteiger partial charge in [-0.05, 0) is 122 Å². The van der Waals surface area contributed by atoms with Gasteiger partial charge in [0, 0.05) is 34.4 Å². The highest BCUT2D eigenvalue weighted by molar-refractivity contribution is 6.03. The average Bonchev–Trinajstić information content (AvgIpc) is 3.58. The van der Waals surface area contributed by atoms with Gasteiger partial charge in [-0.25, -0.2) is 0 Å². The van der Waals surface area contributed by atoms with E-state index < -0.39 is 0 Å². The van der Waals surface area contributed by atoms with Crippen molar-refractivity contribution in [1.29, 1.82) is 0 Å². The molecule has 1 heterocycles. The van der Waals surface area contributed by atoms with E-state index in [4.69, 9.17) is 0 Å². The number of rotatable bonds is 5. The molecule has 4 aliphatic rings. The van der Waals surface area contributed by atoms with E-state index in [-0.39, 0.29) is 5.92 Å². The van der Waals surface area contributed by atoms with E-state index in [1.165, 1.54) is 99.5 Å². The molecule has 1 nitrogen and oxygen atoms in total. The van der Waals surface area contributed by atoms with Gasteiger partial charge in [0.25, 0.3) is 0 Å². The molecule has 0 aliphatic heterocycles. The van der Waals surface area contributed by atoms with Crippen LogP contribution in [0.25, 0.3) is 49.8 Å². The maximum atomic E-state index is 2.59. The summed E-state index contributed by atoms with van der Waals surface area (Å²) >= 11 is 0. The largest absolute Gasteiger partial charge is 0.309 e. The number of para-hydroxylation sites is 1. The fraction of sp³-hybridized carbons (Fsp3) is 0.164. The Kier molecular flexibility index (Phi) is 7.85. The molecule has 1 heteroatoms. The minimum atomic E-state index is 0.248. The third kappa shape index (κ3) is 5.21. The Balaban J connectivity index is 1.02. The third-order valence-electron chi connectivity index (χ3n) is 13.2. The van der Waals surface area contributed by atoms with E-state index in [1.54, 1.807) is 0 Å². The summed E-state index contributed by atoms with van der Waals surface area (Å²) in [4.78, 5) is 0. The quantitative estimate of drug-likeness (QED) is 0.156. The van der Waals surface area contributed by atoms with Crippen molar-refractivity contribution in [3.05, 3.63) is 220 Å². The van der Waals surface area contributed by atoms with E-state index in [0.29, 0.717) is 11.8 Å². The fourth-order valence-corrected chi connectivity index (χ4v) is 10.5. The summed E-state index contributed by atoms with van der Waals surface area (Å²) in [5, 5.41) is 6.71. The highest BCUT2D eigenvalue weighted by Crippen LogP contribution is 2.47. The maximum Gasteiger partial charge on any atom is 0.0575 e. The monoisotopic (exact) mass is 719 g/mol. The topological polar surface area (TPSA) is 4.93 Å². The molecule has 0 fully saturated rings. The van der Waals surface area contributed by atoms with Gasteiger partial charge < -0.3 is 4.57 Å². The van der Waals surface area contributed by atoms with Crippen LogP contribution in [-0.2, 0) is 12.8 Å². The fourth-order valence-electron chi connectivity index (χ4n) is 10.5. The Labute approximate surface area is 330 Å². The lowest BCUT2D eigenvalue weighted by Gasteiger charge is -2.31. The molecule has 6 aromatic carbocycles. The minimum Gasteiger partial charge on any atom is -0.309 e. The number of nitrogens with zero attached hydrogens (tertiary/aromatic N) is 1. The molecule has 3 atom stereocenters.